The van der Waals surface area contributed by atoms with Crippen LogP contribution >= 0.6 is 0 Å². The van der Waals surface area contributed by atoms with Gasteiger partial charge in [0, 0.05) is 61.3 Å². The van der Waals surface area contributed by atoms with Gasteiger partial charge in [-0.1, -0.05) is 13.0 Å². The van der Waals surface area contributed by atoms with Crippen molar-refractivity contribution in [2.45, 2.75) is 57.7 Å². The Labute approximate surface area is 238 Å². The van der Waals surface area contributed by atoms with Crippen LogP contribution in [0.15, 0.2) is 42.6 Å². The van der Waals surface area contributed by atoms with E-state index >= 15 is 0 Å². The number of nitrogens with one attached hydrogen (secondary N) is 2. The van der Waals surface area contributed by atoms with Crippen molar-refractivity contribution in [2.75, 3.05) is 62.0 Å². The van der Waals surface area contributed by atoms with Gasteiger partial charge in [-0.15, -0.1) is 0 Å². The Balaban J connectivity index is 1.33. The number of nitrogens with zero attached hydrogens (tertiary/aromatic N) is 6. The quantitative estimate of drug-likeness (QED) is 0.472. The molecular weight excluding hydrogens is 500 g/mol. The number of aryl methyl sites for hydroxylation is 1. The zero-order chi connectivity index (χ0) is 28.1. The summed E-state index contributed by atoms with van der Waals surface area (Å²) in [6.45, 7) is 14.4. The second-order valence-corrected chi connectivity index (χ2v) is 12.4. The van der Waals surface area contributed by atoms with Gasteiger partial charge in [-0.05, 0) is 77.2 Å². The maximum Gasteiger partial charge on any atom is 0.229 e. The van der Waals surface area contributed by atoms with Crippen molar-refractivity contribution in [2.24, 2.45) is 0 Å². The largest absolute Gasteiger partial charge is 0.374 e. The van der Waals surface area contributed by atoms with Crippen LogP contribution in [0.25, 0.3) is 0 Å². The lowest BCUT2D eigenvalue weighted by Gasteiger charge is -2.46. The highest BCUT2D eigenvalue weighted by molar-refractivity contribution is 5.71. The highest BCUT2D eigenvalue weighted by Gasteiger charge is 2.55. The Morgan fingerprint density at radius 3 is 2.60 bits per heavy atom. The van der Waals surface area contributed by atoms with Crippen LogP contribution in [0, 0.1) is 6.92 Å². The molecule has 0 spiro atoms. The third kappa shape index (κ3) is 4.91. The van der Waals surface area contributed by atoms with Gasteiger partial charge in [-0.25, -0.2) is 9.97 Å². The molecule has 9 nitrogen and oxygen atoms in total. The van der Waals surface area contributed by atoms with Gasteiger partial charge in [0.05, 0.1) is 23.9 Å². The van der Waals surface area contributed by atoms with E-state index in [2.05, 4.69) is 96.5 Å². The fourth-order valence-electron chi connectivity index (χ4n) is 6.41. The zero-order valence-electron chi connectivity index (χ0n) is 24.7. The molecule has 0 aliphatic carbocycles. The molecule has 2 fully saturated rings. The molecule has 5 heterocycles. The van der Waals surface area contributed by atoms with Crippen LogP contribution in [0.5, 0.6) is 0 Å². The smallest absolute Gasteiger partial charge is 0.229 e. The van der Waals surface area contributed by atoms with E-state index in [-0.39, 0.29) is 17.1 Å². The van der Waals surface area contributed by atoms with Gasteiger partial charge in [0.2, 0.25) is 5.95 Å². The summed E-state index contributed by atoms with van der Waals surface area (Å²) in [5, 5.41) is 6.71. The Morgan fingerprint density at radius 2 is 1.85 bits per heavy atom. The molecule has 3 aliphatic rings. The molecule has 0 radical (unpaired) electrons. The summed E-state index contributed by atoms with van der Waals surface area (Å²) in [7, 11) is 4.13. The van der Waals surface area contributed by atoms with Gasteiger partial charge in [0.1, 0.15) is 11.6 Å². The molecule has 2 atom stereocenters. The lowest BCUT2D eigenvalue weighted by Crippen LogP contribution is -2.54. The molecule has 40 heavy (non-hydrogen) atoms. The Morgan fingerprint density at radius 1 is 1.05 bits per heavy atom. The SMILES string of the molecule is CNCc1cccc(N2c3nc(Nc4ccc(N5CCN(C)CC5)c(C)c4)ncc3[C@]3(C)COC(C)(C)C[C@H]23)n1. The highest BCUT2D eigenvalue weighted by atomic mass is 16.5. The van der Waals surface area contributed by atoms with E-state index in [0.29, 0.717) is 19.1 Å². The third-order valence-corrected chi connectivity index (χ3v) is 8.80. The second-order valence-electron chi connectivity index (χ2n) is 12.4. The first-order chi connectivity index (χ1) is 19.2. The molecule has 1 aromatic carbocycles. The van der Waals surface area contributed by atoms with E-state index in [0.717, 1.165) is 61.2 Å². The predicted molar refractivity (Wildman–Crippen MR) is 161 cm³/mol. The predicted octanol–water partition coefficient (Wildman–Crippen LogP) is 4.37. The Kier molecular flexibility index (Phi) is 6.92. The normalized spacial score (nSPS) is 24.1. The molecule has 0 saturated carbocycles. The van der Waals surface area contributed by atoms with Gasteiger partial charge in [-0.3, -0.25) is 0 Å². The van der Waals surface area contributed by atoms with E-state index in [1.54, 1.807) is 0 Å². The van der Waals surface area contributed by atoms with Crippen molar-refractivity contribution in [3.63, 3.8) is 0 Å². The molecule has 2 saturated heterocycles. The van der Waals surface area contributed by atoms with Gasteiger partial charge >= 0.3 is 0 Å². The van der Waals surface area contributed by atoms with Crippen molar-refractivity contribution < 1.29 is 4.74 Å². The molecule has 0 bridgehead atoms. The maximum absolute atomic E-state index is 6.36. The van der Waals surface area contributed by atoms with Crippen LogP contribution in [0.3, 0.4) is 0 Å². The van der Waals surface area contributed by atoms with Crippen molar-refractivity contribution in [3.8, 4) is 0 Å². The van der Waals surface area contributed by atoms with E-state index in [1.165, 1.54) is 11.3 Å². The number of ether oxygens (including phenoxy) is 1. The summed E-state index contributed by atoms with van der Waals surface area (Å²) in [4.78, 5) is 22.1. The first kappa shape index (κ1) is 26.9. The molecule has 2 N–H and O–H groups in total. The van der Waals surface area contributed by atoms with E-state index in [1.807, 2.05) is 13.2 Å². The number of fused-ring (bicyclic) bond motifs is 3. The fraction of sp³-hybridized carbons (Fsp3) is 0.516. The van der Waals surface area contributed by atoms with Gasteiger partial charge < -0.3 is 30.1 Å². The van der Waals surface area contributed by atoms with Crippen molar-refractivity contribution >= 4 is 29.0 Å². The van der Waals surface area contributed by atoms with Crippen LogP contribution in [0.1, 0.15) is 44.0 Å². The minimum atomic E-state index is -0.232. The molecule has 6 rings (SSSR count). The summed E-state index contributed by atoms with van der Waals surface area (Å²) in [5.74, 6) is 2.41. The number of anilines is 5. The number of hydrogen-bond donors (Lipinski definition) is 2. The Hall–Kier alpha value is -3.27. The molecule has 3 aromatic rings. The summed E-state index contributed by atoms with van der Waals surface area (Å²) >= 11 is 0. The summed E-state index contributed by atoms with van der Waals surface area (Å²) in [6, 6.07) is 12.9. The average Bonchev–Trinajstić information content (AvgIpc) is 3.16. The number of aromatic nitrogens is 3. The number of likely N-dealkylation sites (N-methyl/N-ethyl adjacent to an activating group) is 1. The van der Waals surface area contributed by atoms with Crippen molar-refractivity contribution in [1.82, 2.24) is 25.2 Å². The van der Waals surface area contributed by atoms with Crippen LogP contribution in [0.2, 0.25) is 0 Å². The van der Waals surface area contributed by atoms with Crippen LogP contribution in [-0.2, 0) is 16.7 Å². The van der Waals surface area contributed by atoms with Gasteiger partial charge in [-0.2, -0.15) is 4.98 Å². The number of piperazine rings is 1. The summed E-state index contributed by atoms with van der Waals surface area (Å²) < 4.78 is 6.36. The molecule has 9 heteroatoms. The van der Waals surface area contributed by atoms with Gasteiger partial charge in [0.15, 0.2) is 0 Å². The molecule has 212 valence electrons. The number of benzene rings is 1. The molecule has 2 aromatic heterocycles. The maximum atomic E-state index is 6.36. The molecular formula is C31H42N8O. The second kappa shape index (κ2) is 10.3. The lowest BCUT2D eigenvalue weighted by atomic mass is 9.73. The topological polar surface area (TPSA) is 81.7 Å². The zero-order valence-corrected chi connectivity index (χ0v) is 24.7. The third-order valence-electron chi connectivity index (χ3n) is 8.80. The summed E-state index contributed by atoms with van der Waals surface area (Å²) in [6.07, 6.45) is 2.86. The van der Waals surface area contributed by atoms with Gasteiger partial charge in [0.25, 0.3) is 0 Å². The Bertz CT molecular complexity index is 1390. The summed E-state index contributed by atoms with van der Waals surface area (Å²) in [5.41, 5.74) is 5.19. The minimum absolute atomic E-state index is 0.165. The monoisotopic (exact) mass is 542 g/mol. The van der Waals surface area contributed by atoms with E-state index < -0.39 is 0 Å². The highest BCUT2D eigenvalue weighted by Crippen LogP contribution is 2.53. The van der Waals surface area contributed by atoms with E-state index in [9.17, 15) is 0 Å². The fourth-order valence-corrected chi connectivity index (χ4v) is 6.41. The average molecular weight is 543 g/mol. The molecule has 0 unspecified atom stereocenters. The first-order valence-electron chi connectivity index (χ1n) is 14.4. The van der Waals surface area contributed by atoms with Crippen LogP contribution < -0.4 is 20.4 Å². The number of rotatable bonds is 6. The number of pyridine rings is 1. The van der Waals surface area contributed by atoms with Crippen molar-refractivity contribution in [3.05, 3.63) is 59.4 Å². The van der Waals surface area contributed by atoms with Crippen LogP contribution in [0.4, 0.5) is 29.0 Å². The number of hydrogen-bond acceptors (Lipinski definition) is 9. The molecule has 3 aliphatic heterocycles. The molecule has 0 amide bonds. The van der Waals surface area contributed by atoms with Crippen LogP contribution in [-0.4, -0.2) is 78.4 Å². The van der Waals surface area contributed by atoms with E-state index in [4.69, 9.17) is 19.7 Å². The van der Waals surface area contributed by atoms with Crippen molar-refractivity contribution in [1.29, 1.82) is 0 Å². The standard InChI is InChI=1S/C31H42N8O/c1-21-16-22(10-11-25(21)38-14-12-37(6)13-15-38)35-29-33-19-24-28(36-29)39(27-9-7-8-23(34-27)18-32-5)26-17-30(2,3)40-20-31(24,26)4/h7-11,16,19,26,32H,12-15,17-18,20H2,1-6H3,(H,33,35,36)/t26-,31-/m0/s1. The lowest BCUT2D eigenvalue weighted by molar-refractivity contribution is -0.0893. The minimum Gasteiger partial charge on any atom is -0.374 e. The first-order valence-corrected chi connectivity index (χ1v) is 14.4.